The molecule has 2 N–H and O–H groups in total. The topological polar surface area (TPSA) is 48.1 Å². The van der Waals surface area contributed by atoms with Gasteiger partial charge in [-0.3, -0.25) is 4.98 Å². The molecule has 76 valence electrons. The van der Waals surface area contributed by atoms with Gasteiger partial charge in [0.2, 0.25) is 0 Å². The molecule has 0 aliphatic carbocycles. The van der Waals surface area contributed by atoms with Crippen LogP contribution in [0, 0.1) is 6.92 Å². The van der Waals surface area contributed by atoms with Gasteiger partial charge in [-0.2, -0.15) is 0 Å². The Hall–Kier alpha value is -0.930. The number of hydrogen-bond donors (Lipinski definition) is 1. The Bertz CT molecular complexity index is 319. The maximum absolute atomic E-state index is 6.28. The first-order valence-electron chi connectivity index (χ1n) is 4.99. The van der Waals surface area contributed by atoms with Crippen molar-refractivity contribution < 1.29 is 4.74 Å². The van der Waals surface area contributed by atoms with Gasteiger partial charge in [0.15, 0.2) is 0 Å². The Morgan fingerprint density at radius 2 is 2.36 bits per heavy atom. The van der Waals surface area contributed by atoms with Gasteiger partial charge < -0.3 is 10.5 Å². The van der Waals surface area contributed by atoms with Gasteiger partial charge in [0.25, 0.3) is 0 Å². The molecule has 0 aromatic carbocycles. The molecule has 14 heavy (non-hydrogen) atoms. The summed E-state index contributed by atoms with van der Waals surface area (Å²) in [5.74, 6) is 0. The molecule has 1 aromatic heterocycles. The summed E-state index contributed by atoms with van der Waals surface area (Å²) in [6.07, 6.45) is 5.71. The number of nitrogens with two attached hydrogens (primary N) is 1. The van der Waals surface area contributed by atoms with Crippen LogP contribution in [0.4, 0.5) is 0 Å². The molecule has 0 saturated carbocycles. The number of aryl methyl sites for hydroxylation is 1. The van der Waals surface area contributed by atoms with E-state index in [-0.39, 0.29) is 5.54 Å². The van der Waals surface area contributed by atoms with Gasteiger partial charge in [-0.25, -0.2) is 0 Å². The SMILES string of the molecule is Cc1cncc(C2(N)CCCOC2)c1. The minimum Gasteiger partial charge on any atom is -0.379 e. The lowest BCUT2D eigenvalue weighted by atomic mass is 9.86. The first kappa shape index (κ1) is 9.62. The van der Waals surface area contributed by atoms with Crippen LogP contribution in [-0.2, 0) is 10.3 Å². The Morgan fingerprint density at radius 1 is 1.50 bits per heavy atom. The zero-order valence-corrected chi connectivity index (χ0v) is 8.49. The highest BCUT2D eigenvalue weighted by Crippen LogP contribution is 2.27. The summed E-state index contributed by atoms with van der Waals surface area (Å²) < 4.78 is 5.43. The van der Waals surface area contributed by atoms with Crippen LogP contribution in [0.25, 0.3) is 0 Å². The molecule has 0 bridgehead atoms. The maximum Gasteiger partial charge on any atom is 0.0688 e. The normalized spacial score (nSPS) is 27.6. The third-order valence-electron chi connectivity index (χ3n) is 2.72. The highest BCUT2D eigenvalue weighted by Gasteiger charge is 2.30. The lowest BCUT2D eigenvalue weighted by Gasteiger charge is -2.33. The van der Waals surface area contributed by atoms with Crippen LogP contribution in [0.2, 0.25) is 0 Å². The molecule has 3 heteroatoms. The first-order chi connectivity index (χ1) is 6.71. The fraction of sp³-hybridized carbons (Fsp3) is 0.545. The summed E-state index contributed by atoms with van der Waals surface area (Å²) in [6.45, 7) is 3.47. The molecule has 1 saturated heterocycles. The van der Waals surface area contributed by atoms with E-state index in [1.165, 1.54) is 0 Å². The quantitative estimate of drug-likeness (QED) is 0.730. The molecular weight excluding hydrogens is 176 g/mol. The number of nitrogens with zero attached hydrogens (tertiary/aromatic N) is 1. The van der Waals surface area contributed by atoms with E-state index in [2.05, 4.69) is 11.1 Å². The molecule has 1 aliphatic heterocycles. The minimum atomic E-state index is -0.322. The van der Waals surface area contributed by atoms with Gasteiger partial charge in [-0.1, -0.05) is 6.07 Å². The predicted octanol–water partition coefficient (Wildman–Crippen LogP) is 1.35. The van der Waals surface area contributed by atoms with Crippen LogP contribution in [0.15, 0.2) is 18.5 Å². The zero-order valence-electron chi connectivity index (χ0n) is 8.49. The van der Waals surface area contributed by atoms with Gasteiger partial charge in [0.1, 0.15) is 0 Å². The zero-order chi connectivity index (χ0) is 10.0. The summed E-state index contributed by atoms with van der Waals surface area (Å²) in [4.78, 5) is 4.17. The number of rotatable bonds is 1. The highest BCUT2D eigenvalue weighted by atomic mass is 16.5. The molecule has 1 fully saturated rings. The first-order valence-corrected chi connectivity index (χ1v) is 4.99. The smallest absolute Gasteiger partial charge is 0.0688 e. The van der Waals surface area contributed by atoms with Crippen molar-refractivity contribution in [3.05, 3.63) is 29.6 Å². The third-order valence-corrected chi connectivity index (χ3v) is 2.72. The summed E-state index contributed by atoms with van der Waals surface area (Å²) in [5, 5.41) is 0. The standard InChI is InChI=1S/C11H16N2O/c1-9-5-10(7-13-6-9)11(12)3-2-4-14-8-11/h5-7H,2-4,8,12H2,1H3. The van der Waals surface area contributed by atoms with Gasteiger partial charge in [-0.15, -0.1) is 0 Å². The predicted molar refractivity (Wildman–Crippen MR) is 54.9 cm³/mol. The van der Waals surface area contributed by atoms with Crippen LogP contribution >= 0.6 is 0 Å². The van der Waals surface area contributed by atoms with Crippen LogP contribution in [-0.4, -0.2) is 18.2 Å². The number of hydrogen-bond acceptors (Lipinski definition) is 3. The number of ether oxygens (including phenoxy) is 1. The van der Waals surface area contributed by atoms with Crippen molar-refractivity contribution in [2.75, 3.05) is 13.2 Å². The van der Waals surface area contributed by atoms with Crippen LogP contribution in [0.5, 0.6) is 0 Å². The maximum atomic E-state index is 6.28. The van der Waals surface area contributed by atoms with E-state index in [0.29, 0.717) is 6.61 Å². The Morgan fingerprint density at radius 3 is 3.00 bits per heavy atom. The van der Waals surface area contributed by atoms with E-state index in [4.69, 9.17) is 10.5 Å². The van der Waals surface area contributed by atoms with Crippen LogP contribution in [0.3, 0.4) is 0 Å². The molecule has 1 aliphatic rings. The monoisotopic (exact) mass is 192 g/mol. The number of pyridine rings is 1. The molecule has 1 atom stereocenters. The molecule has 0 radical (unpaired) electrons. The van der Waals surface area contributed by atoms with E-state index in [0.717, 1.165) is 30.6 Å². The van der Waals surface area contributed by atoms with Crippen molar-refractivity contribution in [3.63, 3.8) is 0 Å². The molecule has 2 rings (SSSR count). The summed E-state index contributed by atoms with van der Waals surface area (Å²) in [7, 11) is 0. The third kappa shape index (κ3) is 1.79. The fourth-order valence-corrected chi connectivity index (χ4v) is 1.87. The Kier molecular flexibility index (Phi) is 2.52. The molecule has 0 spiro atoms. The molecular formula is C11H16N2O. The van der Waals surface area contributed by atoms with E-state index in [1.807, 2.05) is 19.3 Å². The lowest BCUT2D eigenvalue weighted by molar-refractivity contribution is 0.0365. The number of aromatic nitrogens is 1. The largest absolute Gasteiger partial charge is 0.379 e. The van der Waals surface area contributed by atoms with E-state index >= 15 is 0 Å². The van der Waals surface area contributed by atoms with Crippen molar-refractivity contribution in [2.45, 2.75) is 25.3 Å². The van der Waals surface area contributed by atoms with Crippen molar-refractivity contribution in [1.29, 1.82) is 0 Å². The molecule has 2 heterocycles. The van der Waals surface area contributed by atoms with Crippen molar-refractivity contribution in [3.8, 4) is 0 Å². The highest BCUT2D eigenvalue weighted by molar-refractivity contribution is 5.25. The van der Waals surface area contributed by atoms with Gasteiger partial charge in [0.05, 0.1) is 12.1 Å². The minimum absolute atomic E-state index is 0.322. The summed E-state index contributed by atoms with van der Waals surface area (Å²) in [5.41, 5.74) is 8.21. The van der Waals surface area contributed by atoms with Gasteiger partial charge in [0, 0.05) is 19.0 Å². The van der Waals surface area contributed by atoms with E-state index in [9.17, 15) is 0 Å². The average molecular weight is 192 g/mol. The molecule has 1 aromatic rings. The molecule has 1 unspecified atom stereocenters. The fourth-order valence-electron chi connectivity index (χ4n) is 1.87. The van der Waals surface area contributed by atoms with E-state index < -0.39 is 0 Å². The van der Waals surface area contributed by atoms with E-state index in [1.54, 1.807) is 0 Å². The van der Waals surface area contributed by atoms with Crippen LogP contribution < -0.4 is 5.73 Å². The summed E-state index contributed by atoms with van der Waals surface area (Å²) in [6, 6.07) is 2.10. The van der Waals surface area contributed by atoms with Crippen molar-refractivity contribution in [2.24, 2.45) is 5.73 Å². The van der Waals surface area contributed by atoms with Crippen LogP contribution in [0.1, 0.15) is 24.0 Å². The summed E-state index contributed by atoms with van der Waals surface area (Å²) >= 11 is 0. The van der Waals surface area contributed by atoms with Gasteiger partial charge in [-0.05, 0) is 30.9 Å². The second-order valence-electron chi connectivity index (χ2n) is 4.06. The van der Waals surface area contributed by atoms with Gasteiger partial charge >= 0.3 is 0 Å². The second kappa shape index (κ2) is 3.67. The lowest BCUT2D eigenvalue weighted by Crippen LogP contribution is -2.44. The average Bonchev–Trinajstić information content (AvgIpc) is 2.19. The molecule has 3 nitrogen and oxygen atoms in total. The van der Waals surface area contributed by atoms with Crippen molar-refractivity contribution in [1.82, 2.24) is 4.98 Å². The Labute approximate surface area is 84.3 Å². The Balaban J connectivity index is 2.28. The second-order valence-corrected chi connectivity index (χ2v) is 4.06. The molecule has 0 amide bonds. The van der Waals surface area contributed by atoms with Crippen molar-refractivity contribution >= 4 is 0 Å².